The molecular formula is C15H14FN3O3S. The van der Waals surface area contributed by atoms with E-state index in [4.69, 9.17) is 4.42 Å². The molecular weight excluding hydrogens is 321 g/mol. The van der Waals surface area contributed by atoms with E-state index in [1.54, 1.807) is 19.9 Å². The van der Waals surface area contributed by atoms with E-state index in [1.807, 2.05) is 0 Å². The number of nitrogens with zero attached hydrogens (tertiary/aromatic N) is 1. The number of aromatic amines is 1. The molecule has 0 radical (unpaired) electrons. The Morgan fingerprint density at radius 1 is 1.22 bits per heavy atom. The van der Waals surface area contributed by atoms with Gasteiger partial charge in [-0.2, -0.15) is 5.10 Å². The molecule has 3 rings (SSSR count). The lowest BCUT2D eigenvalue weighted by Gasteiger charge is -2.09. The zero-order valence-electron chi connectivity index (χ0n) is 12.4. The van der Waals surface area contributed by atoms with Crippen LogP contribution in [-0.4, -0.2) is 18.6 Å². The molecule has 0 bridgehead atoms. The quantitative estimate of drug-likeness (QED) is 0.766. The molecule has 0 saturated carbocycles. The summed E-state index contributed by atoms with van der Waals surface area (Å²) in [5.41, 5.74) is 1.37. The maximum atomic E-state index is 13.3. The molecule has 23 heavy (non-hydrogen) atoms. The van der Waals surface area contributed by atoms with Gasteiger partial charge in [0.05, 0.1) is 5.69 Å². The lowest BCUT2D eigenvalue weighted by atomic mass is 10.2. The minimum Gasteiger partial charge on any atom is -0.458 e. The van der Waals surface area contributed by atoms with E-state index in [-0.39, 0.29) is 16.3 Å². The fourth-order valence-electron chi connectivity index (χ4n) is 2.16. The van der Waals surface area contributed by atoms with Gasteiger partial charge in [0.2, 0.25) is 0 Å². The molecule has 0 saturated heterocycles. The molecule has 2 heterocycles. The van der Waals surface area contributed by atoms with Crippen LogP contribution in [0.3, 0.4) is 0 Å². The first-order valence-electron chi connectivity index (χ1n) is 6.76. The van der Waals surface area contributed by atoms with Crippen LogP contribution in [-0.2, 0) is 10.0 Å². The van der Waals surface area contributed by atoms with Gasteiger partial charge in [-0.05, 0) is 37.6 Å². The summed E-state index contributed by atoms with van der Waals surface area (Å²) >= 11 is 0. The molecule has 8 heteroatoms. The van der Waals surface area contributed by atoms with Gasteiger partial charge in [-0.3, -0.25) is 9.82 Å². The molecule has 0 spiro atoms. The normalized spacial score (nSPS) is 11.6. The molecule has 0 aliphatic heterocycles. The summed E-state index contributed by atoms with van der Waals surface area (Å²) < 4.78 is 46.3. The number of nitrogens with one attached hydrogen (secondary N) is 2. The second-order valence-electron chi connectivity index (χ2n) is 5.07. The highest BCUT2D eigenvalue weighted by Gasteiger charge is 2.23. The van der Waals surface area contributed by atoms with Gasteiger partial charge in [-0.15, -0.1) is 0 Å². The number of anilines is 1. The summed E-state index contributed by atoms with van der Waals surface area (Å²) in [4.78, 5) is -0.00855. The topological polar surface area (TPSA) is 88.0 Å². The first-order valence-corrected chi connectivity index (χ1v) is 8.24. The minimum atomic E-state index is -3.90. The van der Waals surface area contributed by atoms with Gasteiger partial charge in [0.15, 0.2) is 5.76 Å². The van der Waals surface area contributed by atoms with E-state index in [0.29, 0.717) is 17.0 Å². The fourth-order valence-corrected chi connectivity index (χ4v) is 3.46. The van der Waals surface area contributed by atoms with Crippen molar-refractivity contribution in [3.8, 4) is 11.5 Å². The molecule has 1 aromatic carbocycles. The summed E-state index contributed by atoms with van der Waals surface area (Å²) in [6, 6.07) is 6.98. The Morgan fingerprint density at radius 3 is 2.70 bits per heavy atom. The smallest absolute Gasteiger partial charge is 0.265 e. The largest absolute Gasteiger partial charge is 0.458 e. The zero-order valence-corrected chi connectivity index (χ0v) is 13.2. The monoisotopic (exact) mass is 335 g/mol. The Labute approximate surface area is 132 Å². The first-order chi connectivity index (χ1) is 10.9. The van der Waals surface area contributed by atoms with Crippen LogP contribution in [0.1, 0.15) is 11.3 Å². The lowest BCUT2D eigenvalue weighted by Crippen LogP contribution is -2.14. The molecule has 3 aromatic rings. The molecule has 6 nitrogen and oxygen atoms in total. The summed E-state index contributed by atoms with van der Waals surface area (Å²) in [5.74, 6) is 0.0721. The van der Waals surface area contributed by atoms with E-state index in [9.17, 15) is 12.8 Å². The Morgan fingerprint density at radius 2 is 2.00 bits per heavy atom. The highest BCUT2D eigenvalue weighted by atomic mass is 32.2. The standard InChI is InChI=1S/C15H14FN3O3S/c1-9-3-4-11(16)7-13(9)19-23(20,21)15-8-14(22-10(15)2)12-5-6-17-18-12/h3-8,19H,1-2H3,(H,17,18). The predicted molar refractivity (Wildman–Crippen MR) is 83.0 cm³/mol. The maximum absolute atomic E-state index is 13.3. The number of rotatable bonds is 4. The molecule has 0 fully saturated rings. The minimum absolute atomic E-state index is 0.00855. The van der Waals surface area contributed by atoms with Crippen molar-refractivity contribution in [1.29, 1.82) is 0 Å². The predicted octanol–water partition coefficient (Wildman–Crippen LogP) is 3.23. The van der Waals surface area contributed by atoms with Crippen LogP contribution in [0, 0.1) is 19.7 Å². The van der Waals surface area contributed by atoms with Crippen LogP contribution >= 0.6 is 0 Å². The molecule has 2 N–H and O–H groups in total. The number of H-pyrrole nitrogens is 1. The third-order valence-corrected chi connectivity index (χ3v) is 4.84. The maximum Gasteiger partial charge on any atom is 0.265 e. The Hall–Kier alpha value is -2.61. The highest BCUT2D eigenvalue weighted by Crippen LogP contribution is 2.29. The van der Waals surface area contributed by atoms with E-state index in [2.05, 4.69) is 14.9 Å². The second-order valence-corrected chi connectivity index (χ2v) is 6.72. The van der Waals surface area contributed by atoms with Crippen molar-refractivity contribution in [2.75, 3.05) is 4.72 Å². The van der Waals surface area contributed by atoms with Gasteiger partial charge in [-0.1, -0.05) is 6.07 Å². The van der Waals surface area contributed by atoms with Crippen molar-refractivity contribution in [2.45, 2.75) is 18.7 Å². The third-order valence-electron chi connectivity index (χ3n) is 3.37. The fraction of sp³-hybridized carbons (Fsp3) is 0.133. The summed E-state index contributed by atoms with van der Waals surface area (Å²) in [6.07, 6.45) is 1.54. The van der Waals surface area contributed by atoms with Crippen LogP contribution in [0.15, 0.2) is 45.8 Å². The van der Waals surface area contributed by atoms with Crippen LogP contribution in [0.4, 0.5) is 10.1 Å². The van der Waals surface area contributed by atoms with Crippen molar-refractivity contribution < 1.29 is 17.2 Å². The van der Waals surface area contributed by atoms with Gasteiger partial charge in [0.1, 0.15) is 22.2 Å². The first kappa shape index (κ1) is 15.3. The Balaban J connectivity index is 1.98. The highest BCUT2D eigenvalue weighted by molar-refractivity contribution is 7.92. The van der Waals surface area contributed by atoms with E-state index >= 15 is 0 Å². The molecule has 0 atom stereocenters. The van der Waals surface area contributed by atoms with E-state index in [0.717, 1.165) is 6.07 Å². The van der Waals surface area contributed by atoms with Crippen molar-refractivity contribution in [3.63, 3.8) is 0 Å². The second kappa shape index (κ2) is 5.54. The average molecular weight is 335 g/mol. The lowest BCUT2D eigenvalue weighted by molar-refractivity contribution is 0.533. The summed E-state index contributed by atoms with van der Waals surface area (Å²) in [5, 5.41) is 6.50. The Kier molecular flexibility index (Phi) is 3.69. The van der Waals surface area contributed by atoms with Gasteiger partial charge in [-0.25, -0.2) is 12.8 Å². The van der Waals surface area contributed by atoms with Crippen LogP contribution in [0.2, 0.25) is 0 Å². The third kappa shape index (κ3) is 2.98. The van der Waals surface area contributed by atoms with Crippen LogP contribution in [0.25, 0.3) is 11.5 Å². The molecule has 0 amide bonds. The number of halogens is 1. The molecule has 0 aliphatic rings. The number of benzene rings is 1. The number of hydrogen-bond donors (Lipinski definition) is 2. The number of furan rings is 1. The van der Waals surface area contributed by atoms with Crippen molar-refractivity contribution >= 4 is 15.7 Å². The SMILES string of the molecule is Cc1ccc(F)cc1NS(=O)(=O)c1cc(-c2ccn[nH]2)oc1C. The number of aromatic nitrogens is 2. The van der Waals surface area contributed by atoms with E-state index < -0.39 is 15.8 Å². The number of aryl methyl sites for hydroxylation is 2. The molecule has 120 valence electrons. The number of sulfonamides is 1. The summed E-state index contributed by atoms with van der Waals surface area (Å²) in [6.45, 7) is 3.24. The van der Waals surface area contributed by atoms with Gasteiger partial charge >= 0.3 is 0 Å². The van der Waals surface area contributed by atoms with Gasteiger partial charge < -0.3 is 4.42 Å². The van der Waals surface area contributed by atoms with Gasteiger partial charge in [0, 0.05) is 12.3 Å². The van der Waals surface area contributed by atoms with Gasteiger partial charge in [0.25, 0.3) is 10.0 Å². The van der Waals surface area contributed by atoms with Crippen molar-refractivity contribution in [3.05, 3.63) is 53.7 Å². The number of hydrogen-bond acceptors (Lipinski definition) is 4. The average Bonchev–Trinajstić information content (AvgIpc) is 3.11. The zero-order chi connectivity index (χ0) is 16.6. The molecule has 2 aromatic heterocycles. The van der Waals surface area contributed by atoms with Crippen LogP contribution in [0.5, 0.6) is 0 Å². The van der Waals surface area contributed by atoms with Crippen molar-refractivity contribution in [1.82, 2.24) is 10.2 Å². The Bertz CT molecular complexity index is 947. The van der Waals surface area contributed by atoms with E-state index in [1.165, 1.54) is 24.4 Å². The van der Waals surface area contributed by atoms with Crippen molar-refractivity contribution in [2.24, 2.45) is 0 Å². The molecule has 0 aliphatic carbocycles. The van der Waals surface area contributed by atoms with Crippen LogP contribution < -0.4 is 4.72 Å². The summed E-state index contributed by atoms with van der Waals surface area (Å²) in [7, 11) is -3.90. The molecule has 0 unspecified atom stereocenters.